The third-order valence-corrected chi connectivity index (χ3v) is 4.59. The molecule has 6 nitrogen and oxygen atoms in total. The van der Waals surface area contributed by atoms with Crippen LogP contribution < -0.4 is 5.32 Å². The maximum absolute atomic E-state index is 12.3. The molecule has 0 spiro atoms. The number of pyridine rings is 1. The molecular weight excluding hydrogens is 292 g/mol. The first-order valence-corrected chi connectivity index (χ1v) is 8.23. The van der Waals surface area contributed by atoms with Crippen molar-refractivity contribution in [2.24, 2.45) is 0 Å². The van der Waals surface area contributed by atoms with Gasteiger partial charge in [0, 0.05) is 18.4 Å². The van der Waals surface area contributed by atoms with Crippen LogP contribution in [0.25, 0.3) is 5.82 Å². The lowest BCUT2D eigenvalue weighted by Gasteiger charge is -2.25. The zero-order chi connectivity index (χ0) is 15.6. The van der Waals surface area contributed by atoms with E-state index >= 15 is 0 Å². The summed E-state index contributed by atoms with van der Waals surface area (Å²) in [5, 5.41) is 7.64. The van der Waals surface area contributed by atoms with E-state index < -0.39 is 0 Å². The van der Waals surface area contributed by atoms with Gasteiger partial charge in [-0.3, -0.25) is 4.79 Å². The standard InChI is InChI=1S/C17H20N4O2/c22-17(15-7-4-10-23-15)20-13-5-3-6-14-12(13)11-19-21(14)16-8-1-2-9-18-16/h1-2,8-9,11,13,15H,3-7,10H2,(H,20,22)/t13-,15+/m0/s1. The van der Waals surface area contributed by atoms with Crippen LogP contribution in [0.5, 0.6) is 0 Å². The molecule has 1 aliphatic carbocycles. The van der Waals surface area contributed by atoms with Crippen LogP contribution in [-0.4, -0.2) is 33.4 Å². The van der Waals surface area contributed by atoms with E-state index in [4.69, 9.17) is 4.74 Å². The van der Waals surface area contributed by atoms with Gasteiger partial charge in [0.1, 0.15) is 6.10 Å². The number of ether oxygens (including phenoxy) is 1. The van der Waals surface area contributed by atoms with Gasteiger partial charge < -0.3 is 10.1 Å². The molecule has 0 radical (unpaired) electrons. The van der Waals surface area contributed by atoms with Gasteiger partial charge in [-0.2, -0.15) is 5.10 Å². The van der Waals surface area contributed by atoms with Crippen LogP contribution >= 0.6 is 0 Å². The van der Waals surface area contributed by atoms with E-state index in [0.717, 1.165) is 49.2 Å². The van der Waals surface area contributed by atoms with Gasteiger partial charge in [-0.15, -0.1) is 0 Å². The number of carbonyl (C=O) groups excluding carboxylic acids is 1. The third-order valence-electron chi connectivity index (χ3n) is 4.59. The Morgan fingerprint density at radius 2 is 2.26 bits per heavy atom. The normalized spacial score (nSPS) is 23.5. The summed E-state index contributed by atoms with van der Waals surface area (Å²) in [5.41, 5.74) is 2.25. The molecule has 1 fully saturated rings. The molecule has 120 valence electrons. The van der Waals surface area contributed by atoms with Gasteiger partial charge in [-0.05, 0) is 44.2 Å². The van der Waals surface area contributed by atoms with Crippen molar-refractivity contribution in [3.8, 4) is 5.82 Å². The predicted molar refractivity (Wildman–Crippen MR) is 84.2 cm³/mol. The van der Waals surface area contributed by atoms with Crippen molar-refractivity contribution in [3.63, 3.8) is 0 Å². The molecule has 2 atom stereocenters. The molecule has 6 heteroatoms. The van der Waals surface area contributed by atoms with E-state index in [-0.39, 0.29) is 18.1 Å². The van der Waals surface area contributed by atoms with Crippen molar-refractivity contribution >= 4 is 5.91 Å². The highest BCUT2D eigenvalue weighted by atomic mass is 16.5. The Balaban J connectivity index is 1.57. The molecule has 2 aromatic heterocycles. The number of nitrogens with one attached hydrogen (secondary N) is 1. The smallest absolute Gasteiger partial charge is 0.249 e. The van der Waals surface area contributed by atoms with Gasteiger partial charge in [-0.1, -0.05) is 6.07 Å². The summed E-state index contributed by atoms with van der Waals surface area (Å²) in [4.78, 5) is 16.7. The van der Waals surface area contributed by atoms with Gasteiger partial charge in [-0.25, -0.2) is 9.67 Å². The number of carbonyl (C=O) groups is 1. The fourth-order valence-electron chi connectivity index (χ4n) is 3.43. The van der Waals surface area contributed by atoms with Crippen LogP contribution in [0.1, 0.15) is 43.0 Å². The number of nitrogens with zero attached hydrogens (tertiary/aromatic N) is 3. The second kappa shape index (κ2) is 6.12. The van der Waals surface area contributed by atoms with Crippen molar-refractivity contribution < 1.29 is 9.53 Å². The van der Waals surface area contributed by atoms with Gasteiger partial charge in [0.15, 0.2) is 5.82 Å². The van der Waals surface area contributed by atoms with E-state index in [1.165, 1.54) is 0 Å². The topological polar surface area (TPSA) is 69.0 Å². The van der Waals surface area contributed by atoms with E-state index in [1.54, 1.807) is 6.20 Å². The molecule has 1 N–H and O–H groups in total. The number of rotatable bonds is 3. The van der Waals surface area contributed by atoms with Crippen LogP contribution in [0, 0.1) is 0 Å². The third kappa shape index (κ3) is 2.74. The Kier molecular flexibility index (Phi) is 3.83. The minimum Gasteiger partial charge on any atom is -0.368 e. The lowest BCUT2D eigenvalue weighted by molar-refractivity contribution is -0.130. The molecule has 1 amide bonds. The second-order valence-corrected chi connectivity index (χ2v) is 6.10. The molecule has 0 bridgehead atoms. The Labute approximate surface area is 134 Å². The maximum Gasteiger partial charge on any atom is 0.249 e. The fraction of sp³-hybridized carbons (Fsp3) is 0.471. The molecule has 0 aromatic carbocycles. The van der Waals surface area contributed by atoms with Gasteiger partial charge in [0.05, 0.1) is 17.9 Å². The molecule has 23 heavy (non-hydrogen) atoms. The largest absolute Gasteiger partial charge is 0.368 e. The fourth-order valence-corrected chi connectivity index (χ4v) is 3.43. The molecule has 3 heterocycles. The highest BCUT2D eigenvalue weighted by Crippen LogP contribution is 2.31. The summed E-state index contributed by atoms with van der Waals surface area (Å²) >= 11 is 0. The van der Waals surface area contributed by atoms with Gasteiger partial charge in [0.25, 0.3) is 0 Å². The lowest BCUT2D eigenvalue weighted by atomic mass is 9.92. The first-order valence-electron chi connectivity index (χ1n) is 8.23. The van der Waals surface area contributed by atoms with Crippen LogP contribution in [-0.2, 0) is 16.0 Å². The highest BCUT2D eigenvalue weighted by molar-refractivity contribution is 5.81. The number of aromatic nitrogens is 3. The predicted octanol–water partition coefficient (Wildman–Crippen LogP) is 1.94. The Bertz CT molecular complexity index is 692. The Hall–Kier alpha value is -2.21. The lowest BCUT2D eigenvalue weighted by Crippen LogP contribution is -2.38. The van der Waals surface area contributed by atoms with Crippen molar-refractivity contribution in [1.82, 2.24) is 20.1 Å². The first kappa shape index (κ1) is 14.4. The van der Waals surface area contributed by atoms with E-state index in [9.17, 15) is 4.79 Å². The second-order valence-electron chi connectivity index (χ2n) is 6.10. The number of hydrogen-bond acceptors (Lipinski definition) is 4. The molecule has 2 aliphatic rings. The average molecular weight is 312 g/mol. The summed E-state index contributed by atoms with van der Waals surface area (Å²) in [6.07, 6.45) is 8.06. The highest BCUT2D eigenvalue weighted by Gasteiger charge is 2.30. The Morgan fingerprint density at radius 3 is 3.04 bits per heavy atom. The molecular formula is C17H20N4O2. The SMILES string of the molecule is O=C(N[C@H]1CCCc2c1cnn2-c1ccccn1)[C@H]1CCCO1. The van der Waals surface area contributed by atoms with Gasteiger partial charge in [0.2, 0.25) is 5.91 Å². The Morgan fingerprint density at radius 1 is 1.30 bits per heavy atom. The van der Waals surface area contributed by atoms with Crippen LogP contribution in [0.2, 0.25) is 0 Å². The van der Waals surface area contributed by atoms with Crippen molar-refractivity contribution in [2.75, 3.05) is 6.61 Å². The van der Waals surface area contributed by atoms with E-state index in [0.29, 0.717) is 6.61 Å². The van der Waals surface area contributed by atoms with E-state index in [2.05, 4.69) is 15.4 Å². The van der Waals surface area contributed by atoms with Gasteiger partial charge >= 0.3 is 0 Å². The maximum atomic E-state index is 12.3. The summed E-state index contributed by atoms with van der Waals surface area (Å²) < 4.78 is 7.36. The molecule has 1 aliphatic heterocycles. The summed E-state index contributed by atoms with van der Waals surface area (Å²) in [6, 6.07) is 5.81. The number of fused-ring (bicyclic) bond motifs is 1. The molecule has 0 unspecified atom stereocenters. The van der Waals surface area contributed by atoms with Crippen molar-refractivity contribution in [3.05, 3.63) is 41.9 Å². The minimum atomic E-state index is -0.286. The van der Waals surface area contributed by atoms with E-state index in [1.807, 2.05) is 29.1 Å². The average Bonchev–Trinajstić information content (AvgIpc) is 3.26. The minimum absolute atomic E-state index is 0.00550. The van der Waals surface area contributed by atoms with Crippen LogP contribution in [0.15, 0.2) is 30.6 Å². The van der Waals surface area contributed by atoms with Crippen molar-refractivity contribution in [1.29, 1.82) is 0 Å². The van der Waals surface area contributed by atoms with Crippen LogP contribution in [0.4, 0.5) is 0 Å². The molecule has 0 saturated carbocycles. The summed E-state index contributed by atoms with van der Waals surface area (Å²) in [7, 11) is 0. The molecule has 2 aromatic rings. The summed E-state index contributed by atoms with van der Waals surface area (Å²) in [6.45, 7) is 0.686. The zero-order valence-electron chi connectivity index (χ0n) is 12.9. The molecule has 4 rings (SSSR count). The number of amides is 1. The van der Waals surface area contributed by atoms with Crippen molar-refractivity contribution in [2.45, 2.75) is 44.2 Å². The quantitative estimate of drug-likeness (QED) is 0.940. The monoisotopic (exact) mass is 312 g/mol. The summed E-state index contributed by atoms with van der Waals surface area (Å²) in [5.74, 6) is 0.825. The zero-order valence-corrected chi connectivity index (χ0v) is 12.9. The number of hydrogen-bond donors (Lipinski definition) is 1. The molecule has 1 saturated heterocycles. The first-order chi connectivity index (χ1) is 11.3. The van der Waals surface area contributed by atoms with Crippen LogP contribution in [0.3, 0.4) is 0 Å².